The summed E-state index contributed by atoms with van der Waals surface area (Å²) in [7, 11) is -0.858. The van der Waals surface area contributed by atoms with Gasteiger partial charge in [0.2, 0.25) is 5.28 Å². The maximum atomic E-state index is 11.1. The molecule has 1 aromatic heterocycles. The summed E-state index contributed by atoms with van der Waals surface area (Å²) in [6, 6.07) is 9.69. The first-order valence-electron chi connectivity index (χ1n) is 5.12. The molecule has 90 valence electrons. The van der Waals surface area contributed by atoms with Gasteiger partial charge < -0.3 is 0 Å². The Bertz CT molecular complexity index is 527. The van der Waals surface area contributed by atoms with Gasteiger partial charge in [0.1, 0.15) is 0 Å². The molecule has 2 aromatic rings. The first-order chi connectivity index (χ1) is 8.18. The molecule has 6 heteroatoms. The van der Waals surface area contributed by atoms with Gasteiger partial charge in [0.15, 0.2) is 5.82 Å². The molecular weight excluding hydrogens is 258 g/mol. The minimum absolute atomic E-state index is 0.328. The number of benzene rings is 1. The van der Waals surface area contributed by atoms with Crippen LogP contribution in [0, 0.1) is 0 Å². The maximum absolute atomic E-state index is 11.1. The molecule has 0 fully saturated rings. The molecule has 0 bridgehead atoms. The van der Waals surface area contributed by atoms with Crippen molar-refractivity contribution in [2.24, 2.45) is 0 Å². The first kappa shape index (κ1) is 12.3. The Morgan fingerprint density at radius 3 is 2.65 bits per heavy atom. The molecule has 1 aromatic carbocycles. The van der Waals surface area contributed by atoms with Crippen LogP contribution >= 0.6 is 11.6 Å². The van der Waals surface area contributed by atoms with Gasteiger partial charge in [-0.1, -0.05) is 30.3 Å². The molecule has 0 saturated carbocycles. The molecule has 2 rings (SSSR count). The van der Waals surface area contributed by atoms with Gasteiger partial charge in [-0.05, 0) is 11.6 Å². The minimum atomic E-state index is -0.858. The van der Waals surface area contributed by atoms with Crippen LogP contribution in [0.2, 0.25) is 5.28 Å². The third kappa shape index (κ3) is 2.92. The Kier molecular flexibility index (Phi) is 3.91. The molecule has 0 aliphatic heterocycles. The zero-order valence-corrected chi connectivity index (χ0v) is 10.9. The Labute approximate surface area is 107 Å². The maximum Gasteiger partial charge on any atom is 0.225 e. The largest absolute Gasteiger partial charge is 0.297 e. The number of rotatable bonds is 4. The lowest BCUT2D eigenvalue weighted by molar-refractivity contribution is 0.678. The SMILES string of the molecule is CS(=O)CCn1c(Cl)nnc1-c1ccccc1. The second-order valence-electron chi connectivity index (χ2n) is 3.59. The van der Waals surface area contributed by atoms with E-state index in [1.165, 1.54) is 0 Å². The highest BCUT2D eigenvalue weighted by atomic mass is 35.5. The molecule has 0 aliphatic rings. The van der Waals surface area contributed by atoms with E-state index in [4.69, 9.17) is 11.6 Å². The summed E-state index contributed by atoms with van der Waals surface area (Å²) in [5, 5.41) is 8.22. The van der Waals surface area contributed by atoms with E-state index in [1.54, 1.807) is 10.8 Å². The van der Waals surface area contributed by atoms with Crippen molar-refractivity contribution in [3.63, 3.8) is 0 Å². The number of hydrogen-bond acceptors (Lipinski definition) is 3. The fraction of sp³-hybridized carbons (Fsp3) is 0.273. The summed E-state index contributed by atoms with van der Waals surface area (Å²) >= 11 is 5.97. The summed E-state index contributed by atoms with van der Waals surface area (Å²) < 4.78 is 12.9. The number of halogens is 1. The molecule has 1 atom stereocenters. The smallest absolute Gasteiger partial charge is 0.225 e. The average molecular weight is 270 g/mol. The summed E-state index contributed by atoms with van der Waals surface area (Å²) in [4.78, 5) is 0. The monoisotopic (exact) mass is 269 g/mol. The van der Waals surface area contributed by atoms with Crippen LogP contribution in [0.1, 0.15) is 0 Å². The minimum Gasteiger partial charge on any atom is -0.297 e. The van der Waals surface area contributed by atoms with Crippen molar-refractivity contribution in [3.05, 3.63) is 35.6 Å². The van der Waals surface area contributed by atoms with Crippen molar-refractivity contribution < 1.29 is 4.21 Å². The average Bonchev–Trinajstić information content (AvgIpc) is 2.69. The van der Waals surface area contributed by atoms with E-state index in [2.05, 4.69) is 10.2 Å². The lowest BCUT2D eigenvalue weighted by atomic mass is 10.2. The van der Waals surface area contributed by atoms with Gasteiger partial charge in [-0.2, -0.15) is 0 Å². The number of nitrogens with zero attached hydrogens (tertiary/aromatic N) is 3. The molecule has 0 aliphatic carbocycles. The van der Waals surface area contributed by atoms with Crippen LogP contribution in [-0.4, -0.2) is 31.0 Å². The molecular formula is C11H12ClN3OS. The zero-order valence-electron chi connectivity index (χ0n) is 9.34. The summed E-state index contributed by atoms with van der Waals surface area (Å²) in [6.45, 7) is 0.555. The van der Waals surface area contributed by atoms with Gasteiger partial charge in [0, 0.05) is 34.9 Å². The van der Waals surface area contributed by atoms with Crippen LogP contribution in [0.15, 0.2) is 30.3 Å². The molecule has 1 unspecified atom stereocenters. The van der Waals surface area contributed by atoms with E-state index in [-0.39, 0.29) is 0 Å². The van der Waals surface area contributed by atoms with Crippen molar-refractivity contribution in [1.29, 1.82) is 0 Å². The van der Waals surface area contributed by atoms with Crippen molar-refractivity contribution in [1.82, 2.24) is 14.8 Å². The molecule has 0 N–H and O–H groups in total. The quantitative estimate of drug-likeness (QED) is 0.853. The molecule has 0 amide bonds. The summed E-state index contributed by atoms with van der Waals surface area (Å²) in [5.74, 6) is 1.25. The van der Waals surface area contributed by atoms with E-state index in [1.807, 2.05) is 30.3 Å². The topological polar surface area (TPSA) is 47.8 Å². The normalized spacial score (nSPS) is 12.6. The third-order valence-corrected chi connectivity index (χ3v) is 3.38. The van der Waals surface area contributed by atoms with Gasteiger partial charge in [-0.15, -0.1) is 10.2 Å². The first-order valence-corrected chi connectivity index (χ1v) is 7.23. The van der Waals surface area contributed by atoms with Gasteiger partial charge in [-0.25, -0.2) is 0 Å². The van der Waals surface area contributed by atoms with E-state index in [0.29, 0.717) is 23.4 Å². The molecule has 17 heavy (non-hydrogen) atoms. The molecule has 0 spiro atoms. The van der Waals surface area contributed by atoms with Gasteiger partial charge in [-0.3, -0.25) is 8.78 Å². The predicted octanol–water partition coefficient (Wildman–Crippen LogP) is 1.98. The number of hydrogen-bond donors (Lipinski definition) is 0. The van der Waals surface area contributed by atoms with Crippen LogP contribution in [0.5, 0.6) is 0 Å². The highest BCUT2D eigenvalue weighted by molar-refractivity contribution is 7.84. The Hall–Kier alpha value is -1.20. The van der Waals surface area contributed by atoms with Crippen LogP contribution in [0.3, 0.4) is 0 Å². The van der Waals surface area contributed by atoms with Crippen LogP contribution in [0.4, 0.5) is 0 Å². The summed E-state index contributed by atoms with van der Waals surface area (Å²) in [5.41, 5.74) is 0.953. The van der Waals surface area contributed by atoms with E-state index >= 15 is 0 Å². The predicted molar refractivity (Wildman–Crippen MR) is 69.4 cm³/mol. The lowest BCUT2D eigenvalue weighted by Gasteiger charge is -2.06. The molecule has 4 nitrogen and oxygen atoms in total. The second-order valence-corrected chi connectivity index (χ2v) is 5.48. The van der Waals surface area contributed by atoms with E-state index in [9.17, 15) is 4.21 Å². The Morgan fingerprint density at radius 2 is 2.00 bits per heavy atom. The van der Waals surface area contributed by atoms with Crippen molar-refractivity contribution >= 4 is 22.4 Å². The van der Waals surface area contributed by atoms with E-state index < -0.39 is 10.8 Å². The van der Waals surface area contributed by atoms with Crippen molar-refractivity contribution in [2.75, 3.05) is 12.0 Å². The van der Waals surface area contributed by atoms with Crippen LogP contribution < -0.4 is 0 Å². The second kappa shape index (κ2) is 5.42. The third-order valence-electron chi connectivity index (χ3n) is 2.34. The molecule has 0 radical (unpaired) electrons. The van der Waals surface area contributed by atoms with Crippen molar-refractivity contribution in [2.45, 2.75) is 6.54 Å². The molecule has 0 saturated heterocycles. The highest BCUT2D eigenvalue weighted by Crippen LogP contribution is 2.20. The number of aromatic nitrogens is 3. The van der Waals surface area contributed by atoms with Crippen molar-refractivity contribution in [3.8, 4) is 11.4 Å². The van der Waals surface area contributed by atoms with Gasteiger partial charge in [0.05, 0.1) is 0 Å². The lowest BCUT2D eigenvalue weighted by Crippen LogP contribution is -2.08. The Morgan fingerprint density at radius 1 is 1.29 bits per heavy atom. The van der Waals surface area contributed by atoms with Crippen LogP contribution in [0.25, 0.3) is 11.4 Å². The fourth-order valence-corrected chi connectivity index (χ4v) is 2.14. The van der Waals surface area contributed by atoms with Gasteiger partial charge >= 0.3 is 0 Å². The zero-order chi connectivity index (χ0) is 12.3. The Balaban J connectivity index is 2.32. The van der Waals surface area contributed by atoms with Crippen LogP contribution in [-0.2, 0) is 17.3 Å². The fourth-order valence-electron chi connectivity index (χ4n) is 1.50. The van der Waals surface area contributed by atoms with Gasteiger partial charge in [0.25, 0.3) is 0 Å². The standard InChI is InChI=1S/C11H12ClN3OS/c1-17(16)8-7-15-10(13-14-11(15)12)9-5-3-2-4-6-9/h2-6H,7-8H2,1H3. The highest BCUT2D eigenvalue weighted by Gasteiger charge is 2.11. The van der Waals surface area contributed by atoms with E-state index in [0.717, 1.165) is 5.56 Å². The molecule has 1 heterocycles. The summed E-state index contributed by atoms with van der Waals surface area (Å²) in [6.07, 6.45) is 1.67.